The van der Waals surface area contributed by atoms with Crippen molar-refractivity contribution in [2.75, 3.05) is 5.32 Å². The van der Waals surface area contributed by atoms with Crippen molar-refractivity contribution in [2.45, 2.75) is 10.6 Å². The van der Waals surface area contributed by atoms with Crippen LogP contribution in [0, 0.1) is 0 Å². The molecule has 0 aliphatic heterocycles. The van der Waals surface area contributed by atoms with Crippen LogP contribution in [0.25, 0.3) is 16.9 Å². The standard InChI is InChI=1S/C23H17N7OS2/c31-23(24-17-12-10-16(11-13-17)20-14-33-29-25-20)19-8-4-5-9-21(19)32-15-22-26-27-28-30(22)18-6-2-1-3-7-18/h1-14H,15H2,(H,24,31). The summed E-state index contributed by atoms with van der Waals surface area (Å²) in [5.74, 6) is 1.04. The van der Waals surface area contributed by atoms with Crippen molar-refractivity contribution in [3.8, 4) is 16.9 Å². The number of para-hydroxylation sites is 1. The number of nitrogens with one attached hydrogen (secondary N) is 1. The second-order valence-corrected chi connectivity index (χ2v) is 8.58. The van der Waals surface area contributed by atoms with E-state index in [1.54, 1.807) is 4.68 Å². The highest BCUT2D eigenvalue weighted by atomic mass is 32.2. The van der Waals surface area contributed by atoms with E-state index < -0.39 is 0 Å². The van der Waals surface area contributed by atoms with E-state index >= 15 is 0 Å². The normalized spacial score (nSPS) is 10.8. The summed E-state index contributed by atoms with van der Waals surface area (Å²) in [7, 11) is 0. The number of benzene rings is 3. The number of hydrogen-bond donors (Lipinski definition) is 1. The Labute approximate surface area is 197 Å². The number of rotatable bonds is 7. The van der Waals surface area contributed by atoms with E-state index in [0.717, 1.165) is 21.8 Å². The minimum atomic E-state index is -0.177. The molecule has 5 rings (SSSR count). The molecule has 1 N–H and O–H groups in total. The average molecular weight is 472 g/mol. The molecule has 0 bridgehead atoms. The summed E-state index contributed by atoms with van der Waals surface area (Å²) < 4.78 is 5.59. The maximum atomic E-state index is 13.0. The van der Waals surface area contributed by atoms with E-state index in [2.05, 4.69) is 30.4 Å². The smallest absolute Gasteiger partial charge is 0.256 e. The maximum absolute atomic E-state index is 13.0. The predicted molar refractivity (Wildman–Crippen MR) is 128 cm³/mol. The first-order valence-corrected chi connectivity index (χ1v) is 11.8. The van der Waals surface area contributed by atoms with Gasteiger partial charge in [0.1, 0.15) is 5.69 Å². The van der Waals surface area contributed by atoms with Gasteiger partial charge in [-0.2, -0.15) is 4.68 Å². The lowest BCUT2D eigenvalue weighted by atomic mass is 10.1. The number of carbonyl (C=O) groups is 1. The minimum Gasteiger partial charge on any atom is -0.322 e. The van der Waals surface area contributed by atoms with Gasteiger partial charge in [-0.05, 0) is 58.4 Å². The molecule has 33 heavy (non-hydrogen) atoms. The monoisotopic (exact) mass is 471 g/mol. The molecular formula is C23H17N7OS2. The molecule has 0 spiro atoms. The molecule has 2 heterocycles. The summed E-state index contributed by atoms with van der Waals surface area (Å²) in [6.07, 6.45) is 0. The molecule has 2 aromatic heterocycles. The lowest BCUT2D eigenvalue weighted by molar-refractivity contribution is 0.102. The lowest BCUT2D eigenvalue weighted by Gasteiger charge is -2.10. The van der Waals surface area contributed by atoms with E-state index in [1.807, 2.05) is 84.2 Å². The second kappa shape index (κ2) is 9.72. The Kier molecular flexibility index (Phi) is 6.18. The van der Waals surface area contributed by atoms with Crippen LogP contribution >= 0.6 is 23.3 Å². The van der Waals surface area contributed by atoms with Crippen LogP contribution in [0.4, 0.5) is 5.69 Å². The van der Waals surface area contributed by atoms with Crippen LogP contribution in [-0.2, 0) is 5.75 Å². The fourth-order valence-corrected chi connectivity index (χ4v) is 4.62. The SMILES string of the molecule is O=C(Nc1ccc(-c2csnn2)cc1)c1ccccc1SCc1nnnn1-c1ccccc1. The van der Waals surface area contributed by atoms with Crippen LogP contribution in [0.3, 0.4) is 0 Å². The van der Waals surface area contributed by atoms with Crippen molar-refractivity contribution in [1.29, 1.82) is 0 Å². The molecule has 3 aromatic carbocycles. The molecule has 0 unspecified atom stereocenters. The Morgan fingerprint density at radius 2 is 1.73 bits per heavy atom. The molecule has 8 nitrogen and oxygen atoms in total. The zero-order chi connectivity index (χ0) is 22.5. The van der Waals surface area contributed by atoms with Gasteiger partial charge in [-0.1, -0.05) is 47.0 Å². The van der Waals surface area contributed by atoms with E-state index in [1.165, 1.54) is 23.3 Å². The average Bonchev–Trinajstić information content (AvgIpc) is 3.56. The van der Waals surface area contributed by atoms with E-state index in [9.17, 15) is 4.79 Å². The Morgan fingerprint density at radius 1 is 0.939 bits per heavy atom. The zero-order valence-corrected chi connectivity index (χ0v) is 18.8. The third-order valence-electron chi connectivity index (χ3n) is 4.82. The molecular weight excluding hydrogens is 454 g/mol. The van der Waals surface area contributed by atoms with E-state index in [4.69, 9.17) is 0 Å². The number of hydrogen-bond acceptors (Lipinski definition) is 8. The van der Waals surface area contributed by atoms with Crippen LogP contribution in [0.5, 0.6) is 0 Å². The largest absolute Gasteiger partial charge is 0.322 e. The minimum absolute atomic E-state index is 0.177. The molecule has 0 radical (unpaired) electrons. The Bertz CT molecular complexity index is 1350. The molecule has 0 fully saturated rings. The summed E-state index contributed by atoms with van der Waals surface area (Å²) in [4.78, 5) is 13.9. The second-order valence-electron chi connectivity index (χ2n) is 6.95. The van der Waals surface area contributed by atoms with Crippen molar-refractivity contribution >= 4 is 34.9 Å². The Hall–Kier alpha value is -3.89. The van der Waals surface area contributed by atoms with Crippen LogP contribution in [0.2, 0.25) is 0 Å². The van der Waals surface area contributed by atoms with Crippen molar-refractivity contribution in [3.63, 3.8) is 0 Å². The first-order valence-electron chi connectivity index (χ1n) is 10.0. The van der Waals surface area contributed by atoms with Gasteiger partial charge in [-0.15, -0.1) is 22.0 Å². The van der Waals surface area contributed by atoms with Crippen LogP contribution in [0.1, 0.15) is 16.2 Å². The number of tetrazole rings is 1. The molecule has 0 atom stereocenters. The van der Waals surface area contributed by atoms with E-state index in [0.29, 0.717) is 22.8 Å². The molecule has 1 amide bonds. The van der Waals surface area contributed by atoms with Gasteiger partial charge in [0.05, 0.1) is 17.0 Å². The predicted octanol–water partition coefficient (Wildman–Crippen LogP) is 4.73. The number of amides is 1. The zero-order valence-electron chi connectivity index (χ0n) is 17.2. The van der Waals surface area contributed by atoms with Gasteiger partial charge >= 0.3 is 0 Å². The van der Waals surface area contributed by atoms with Gasteiger partial charge in [-0.3, -0.25) is 4.79 Å². The highest BCUT2D eigenvalue weighted by Crippen LogP contribution is 2.27. The number of anilines is 1. The first-order chi connectivity index (χ1) is 16.3. The van der Waals surface area contributed by atoms with Crippen LogP contribution in [-0.4, -0.2) is 35.7 Å². The summed E-state index contributed by atoms with van der Waals surface area (Å²) in [5, 5.41) is 21.0. The summed E-state index contributed by atoms with van der Waals surface area (Å²) in [6.45, 7) is 0. The molecule has 162 valence electrons. The molecule has 0 aliphatic carbocycles. The van der Waals surface area contributed by atoms with Gasteiger partial charge in [0.2, 0.25) is 0 Å². The Morgan fingerprint density at radius 3 is 2.52 bits per heavy atom. The van der Waals surface area contributed by atoms with Crippen molar-refractivity contribution in [1.82, 2.24) is 29.8 Å². The molecule has 0 saturated carbocycles. The topological polar surface area (TPSA) is 98.5 Å². The van der Waals surface area contributed by atoms with Crippen molar-refractivity contribution < 1.29 is 4.79 Å². The maximum Gasteiger partial charge on any atom is 0.256 e. The highest BCUT2D eigenvalue weighted by molar-refractivity contribution is 7.98. The van der Waals surface area contributed by atoms with Crippen LogP contribution < -0.4 is 5.32 Å². The Balaban J connectivity index is 1.29. The van der Waals surface area contributed by atoms with E-state index in [-0.39, 0.29) is 5.91 Å². The molecule has 0 aliphatic rings. The summed E-state index contributed by atoms with van der Waals surface area (Å²) in [6, 6.07) is 24.8. The molecule has 5 aromatic rings. The van der Waals surface area contributed by atoms with Gasteiger partial charge < -0.3 is 5.32 Å². The molecule has 10 heteroatoms. The lowest BCUT2D eigenvalue weighted by Crippen LogP contribution is -2.13. The van der Waals surface area contributed by atoms with Gasteiger partial charge in [0.25, 0.3) is 5.91 Å². The summed E-state index contributed by atoms with van der Waals surface area (Å²) >= 11 is 2.82. The number of aromatic nitrogens is 6. The quantitative estimate of drug-likeness (QED) is 0.343. The third kappa shape index (κ3) is 4.81. The number of carbonyl (C=O) groups excluding carboxylic acids is 1. The number of thioether (sulfide) groups is 1. The van der Waals surface area contributed by atoms with Crippen LogP contribution in [0.15, 0.2) is 89.1 Å². The molecule has 0 saturated heterocycles. The van der Waals surface area contributed by atoms with Gasteiger partial charge in [-0.25, -0.2) is 0 Å². The third-order valence-corrected chi connectivity index (χ3v) is 6.40. The number of nitrogens with zero attached hydrogens (tertiary/aromatic N) is 6. The fraction of sp³-hybridized carbons (Fsp3) is 0.0435. The fourth-order valence-electron chi connectivity index (χ4n) is 3.20. The van der Waals surface area contributed by atoms with Crippen molar-refractivity contribution in [2.24, 2.45) is 0 Å². The summed E-state index contributed by atoms with van der Waals surface area (Å²) in [5.41, 5.74) is 3.96. The van der Waals surface area contributed by atoms with Gasteiger partial charge in [0.15, 0.2) is 5.82 Å². The van der Waals surface area contributed by atoms with Crippen molar-refractivity contribution in [3.05, 3.63) is 95.6 Å². The van der Waals surface area contributed by atoms with Gasteiger partial charge in [0, 0.05) is 21.5 Å². The first kappa shape index (κ1) is 21.0. The highest BCUT2D eigenvalue weighted by Gasteiger charge is 2.14.